The second-order valence-corrected chi connectivity index (χ2v) is 6.82. The smallest absolute Gasteiger partial charge is 0.241 e. The third-order valence-electron chi connectivity index (χ3n) is 4.74. The van der Waals surface area contributed by atoms with Crippen LogP contribution < -0.4 is 10.6 Å². The fraction of sp³-hybridized carbons (Fsp3) is 0.579. The minimum absolute atomic E-state index is 0.0142. The van der Waals surface area contributed by atoms with Gasteiger partial charge in [-0.2, -0.15) is 0 Å². The average molecular weight is 331 g/mol. The second kappa shape index (κ2) is 8.29. The van der Waals surface area contributed by atoms with Crippen LogP contribution in [0.25, 0.3) is 0 Å². The Bertz CT molecular complexity index is 584. The van der Waals surface area contributed by atoms with E-state index < -0.39 is 0 Å². The molecule has 0 spiro atoms. The molecule has 1 aromatic carbocycles. The molecule has 0 aromatic heterocycles. The van der Waals surface area contributed by atoms with Crippen LogP contribution in [0.5, 0.6) is 0 Å². The number of nitrogens with one attached hydrogen (secondary N) is 2. The van der Waals surface area contributed by atoms with Crippen LogP contribution in [0.2, 0.25) is 0 Å². The summed E-state index contributed by atoms with van der Waals surface area (Å²) in [5.74, 6) is 0.283. The molecule has 1 aliphatic carbocycles. The molecular formula is C19H29N3O2. The lowest BCUT2D eigenvalue weighted by molar-refractivity contribution is -0.124. The summed E-state index contributed by atoms with van der Waals surface area (Å²) in [6, 6.07) is 7.89. The van der Waals surface area contributed by atoms with E-state index in [2.05, 4.69) is 30.5 Å². The number of hydrogen-bond donors (Lipinski definition) is 2. The molecule has 1 saturated carbocycles. The second-order valence-electron chi connectivity index (χ2n) is 6.82. The van der Waals surface area contributed by atoms with Crippen molar-refractivity contribution >= 4 is 17.5 Å². The number of carbonyl (C=O) groups is 2. The van der Waals surface area contributed by atoms with E-state index in [1.807, 2.05) is 25.1 Å². The van der Waals surface area contributed by atoms with Crippen LogP contribution in [0, 0.1) is 0 Å². The Labute approximate surface area is 144 Å². The van der Waals surface area contributed by atoms with E-state index in [1.54, 1.807) is 11.9 Å². The summed E-state index contributed by atoms with van der Waals surface area (Å²) in [5.41, 5.74) is 2.01. The number of anilines is 1. The highest BCUT2D eigenvalue weighted by molar-refractivity contribution is 5.95. The van der Waals surface area contributed by atoms with Crippen molar-refractivity contribution in [3.63, 3.8) is 0 Å². The molecule has 24 heavy (non-hydrogen) atoms. The van der Waals surface area contributed by atoms with Gasteiger partial charge >= 0.3 is 0 Å². The molecular weight excluding hydrogens is 302 g/mol. The molecule has 0 radical (unpaired) electrons. The summed E-state index contributed by atoms with van der Waals surface area (Å²) >= 11 is 0. The summed E-state index contributed by atoms with van der Waals surface area (Å²) in [5, 5.41) is 5.97. The number of carbonyl (C=O) groups excluding carboxylic acids is 2. The van der Waals surface area contributed by atoms with Gasteiger partial charge in [0, 0.05) is 11.7 Å². The summed E-state index contributed by atoms with van der Waals surface area (Å²) < 4.78 is 0. The van der Waals surface area contributed by atoms with Crippen molar-refractivity contribution < 1.29 is 9.59 Å². The maximum Gasteiger partial charge on any atom is 0.241 e. The number of nitrogens with zero attached hydrogens (tertiary/aromatic N) is 1. The monoisotopic (exact) mass is 331 g/mol. The standard InChI is InChI=1S/C19H29N3O2/c1-5-13(2)16-8-6-7-9-17(16)21-19(24)14(3)22(4)12-18(23)20-15-10-11-15/h6-9,13-15H,5,10-12H2,1-4H3,(H,20,23)(H,21,24)/t13-,14-/m0/s1. The minimum Gasteiger partial charge on any atom is -0.352 e. The van der Waals surface area contributed by atoms with Crippen LogP contribution in [-0.4, -0.2) is 42.4 Å². The van der Waals surface area contributed by atoms with E-state index in [1.165, 1.54) is 0 Å². The topological polar surface area (TPSA) is 61.4 Å². The zero-order valence-electron chi connectivity index (χ0n) is 15.1. The third kappa shape index (κ3) is 5.06. The molecule has 1 aliphatic rings. The summed E-state index contributed by atoms with van der Waals surface area (Å²) in [7, 11) is 1.80. The highest BCUT2D eigenvalue weighted by Crippen LogP contribution is 2.26. The first-order valence-electron chi connectivity index (χ1n) is 8.81. The van der Waals surface area contributed by atoms with E-state index in [-0.39, 0.29) is 24.4 Å². The predicted molar refractivity (Wildman–Crippen MR) is 97.0 cm³/mol. The van der Waals surface area contributed by atoms with Gasteiger partial charge in [0.15, 0.2) is 0 Å². The largest absolute Gasteiger partial charge is 0.352 e. The molecule has 0 unspecified atom stereocenters. The van der Waals surface area contributed by atoms with Crippen LogP contribution in [0.4, 0.5) is 5.69 Å². The fourth-order valence-corrected chi connectivity index (χ4v) is 2.56. The minimum atomic E-state index is -0.375. The number of hydrogen-bond acceptors (Lipinski definition) is 3. The van der Waals surface area contributed by atoms with E-state index in [4.69, 9.17) is 0 Å². The van der Waals surface area contributed by atoms with Crippen LogP contribution in [0.3, 0.4) is 0 Å². The Morgan fingerprint density at radius 1 is 1.25 bits per heavy atom. The quantitative estimate of drug-likeness (QED) is 0.770. The van der Waals surface area contributed by atoms with Crippen molar-refractivity contribution in [2.75, 3.05) is 18.9 Å². The molecule has 0 saturated heterocycles. The third-order valence-corrected chi connectivity index (χ3v) is 4.74. The average Bonchev–Trinajstić information content (AvgIpc) is 3.37. The van der Waals surface area contributed by atoms with Crippen molar-refractivity contribution in [2.45, 2.75) is 58.0 Å². The lowest BCUT2D eigenvalue weighted by Gasteiger charge is -2.24. The van der Waals surface area contributed by atoms with E-state index in [0.717, 1.165) is 30.5 Å². The van der Waals surface area contributed by atoms with Gasteiger partial charge in [-0.15, -0.1) is 0 Å². The molecule has 2 amide bonds. The first-order chi connectivity index (χ1) is 11.4. The molecule has 0 heterocycles. The van der Waals surface area contributed by atoms with Crippen molar-refractivity contribution in [3.05, 3.63) is 29.8 Å². The van der Waals surface area contributed by atoms with E-state index in [9.17, 15) is 9.59 Å². The van der Waals surface area contributed by atoms with Crippen molar-refractivity contribution in [1.29, 1.82) is 0 Å². The maximum atomic E-state index is 12.5. The molecule has 2 N–H and O–H groups in total. The van der Waals surface area contributed by atoms with Gasteiger partial charge in [-0.05, 0) is 50.8 Å². The van der Waals surface area contributed by atoms with Gasteiger partial charge < -0.3 is 10.6 Å². The Morgan fingerprint density at radius 3 is 2.54 bits per heavy atom. The van der Waals surface area contributed by atoms with Crippen LogP contribution in [0.15, 0.2) is 24.3 Å². The first-order valence-corrected chi connectivity index (χ1v) is 8.81. The summed E-state index contributed by atoms with van der Waals surface area (Å²) in [6.07, 6.45) is 3.15. The molecule has 1 aromatic rings. The Hall–Kier alpha value is -1.88. The number of para-hydroxylation sites is 1. The molecule has 2 atom stereocenters. The fourth-order valence-electron chi connectivity index (χ4n) is 2.56. The Morgan fingerprint density at radius 2 is 1.92 bits per heavy atom. The Kier molecular flexibility index (Phi) is 6.37. The van der Waals surface area contributed by atoms with Crippen LogP contribution in [0.1, 0.15) is 51.5 Å². The normalized spacial score (nSPS) is 16.5. The number of benzene rings is 1. The van der Waals surface area contributed by atoms with E-state index >= 15 is 0 Å². The molecule has 1 fully saturated rings. The van der Waals surface area contributed by atoms with Gasteiger partial charge in [-0.3, -0.25) is 14.5 Å². The molecule has 0 aliphatic heterocycles. The van der Waals surface area contributed by atoms with Gasteiger partial charge in [0.1, 0.15) is 0 Å². The molecule has 2 rings (SSSR count). The van der Waals surface area contributed by atoms with Crippen LogP contribution >= 0.6 is 0 Å². The molecule has 5 nitrogen and oxygen atoms in total. The highest BCUT2D eigenvalue weighted by atomic mass is 16.2. The van der Waals surface area contributed by atoms with Crippen molar-refractivity contribution in [3.8, 4) is 0 Å². The molecule has 5 heteroatoms. The van der Waals surface area contributed by atoms with Gasteiger partial charge in [0.05, 0.1) is 12.6 Å². The lowest BCUT2D eigenvalue weighted by Crippen LogP contribution is -2.45. The van der Waals surface area contributed by atoms with Gasteiger partial charge in [0.2, 0.25) is 11.8 Å². The SMILES string of the molecule is CC[C@H](C)c1ccccc1NC(=O)[C@H](C)N(C)CC(=O)NC1CC1. The van der Waals surface area contributed by atoms with Gasteiger partial charge in [-0.1, -0.05) is 32.0 Å². The zero-order valence-corrected chi connectivity index (χ0v) is 15.1. The van der Waals surface area contributed by atoms with Crippen molar-refractivity contribution in [1.82, 2.24) is 10.2 Å². The number of amides is 2. The summed E-state index contributed by atoms with van der Waals surface area (Å²) in [4.78, 5) is 26.2. The number of rotatable bonds is 8. The summed E-state index contributed by atoms with van der Waals surface area (Å²) in [6.45, 7) is 6.35. The lowest BCUT2D eigenvalue weighted by atomic mass is 9.97. The van der Waals surface area contributed by atoms with Crippen molar-refractivity contribution in [2.24, 2.45) is 0 Å². The molecule has 132 valence electrons. The first kappa shape index (κ1) is 18.5. The highest BCUT2D eigenvalue weighted by Gasteiger charge is 2.26. The van der Waals surface area contributed by atoms with Crippen LogP contribution in [-0.2, 0) is 9.59 Å². The van der Waals surface area contributed by atoms with E-state index in [0.29, 0.717) is 12.0 Å². The van der Waals surface area contributed by atoms with Gasteiger partial charge in [0.25, 0.3) is 0 Å². The maximum absolute atomic E-state index is 12.5. The molecule has 0 bridgehead atoms. The zero-order chi connectivity index (χ0) is 17.7. The predicted octanol–water partition coefficient (Wildman–Crippen LogP) is 2.74. The Balaban J connectivity index is 1.94. The number of likely N-dealkylation sites (N-methyl/N-ethyl adjacent to an activating group) is 1. The van der Waals surface area contributed by atoms with Gasteiger partial charge in [-0.25, -0.2) is 0 Å².